The Morgan fingerprint density at radius 1 is 1.31 bits per heavy atom. The number of hydrogen-bond donors (Lipinski definition) is 0. The molecule has 138 valence electrons. The lowest BCUT2D eigenvalue weighted by atomic mass is 9.93. The van der Waals surface area contributed by atoms with E-state index in [1.807, 2.05) is 17.6 Å². The molecule has 1 aliphatic rings. The molecule has 1 aromatic heterocycles. The highest BCUT2D eigenvalue weighted by molar-refractivity contribution is 7.90. The zero-order valence-corrected chi connectivity index (χ0v) is 17.1. The van der Waals surface area contributed by atoms with Gasteiger partial charge >= 0.3 is 0 Å². The average Bonchev–Trinajstić information content (AvgIpc) is 3.33. The van der Waals surface area contributed by atoms with Crippen molar-refractivity contribution in [3.8, 4) is 6.07 Å². The van der Waals surface area contributed by atoms with Gasteiger partial charge in [0.2, 0.25) is 4.80 Å². The zero-order valence-electron chi connectivity index (χ0n) is 15.5. The second-order valence-corrected chi connectivity index (χ2v) is 10.3. The van der Waals surface area contributed by atoms with E-state index in [1.165, 1.54) is 36.3 Å². The molecule has 0 N–H and O–H groups in total. The molecule has 7 heteroatoms. The van der Waals surface area contributed by atoms with Crippen molar-refractivity contribution in [2.45, 2.75) is 57.4 Å². The SMILES string of the molecule is Cc1c(C(C)(C)C)s/c(=N\S(=O)(=O)c2ccccc2C#N)n1CC1CC1. The van der Waals surface area contributed by atoms with Crippen LogP contribution in [0.2, 0.25) is 0 Å². The van der Waals surface area contributed by atoms with Gasteiger partial charge in [-0.25, -0.2) is 0 Å². The molecule has 1 heterocycles. The smallest absolute Gasteiger partial charge is 0.286 e. The summed E-state index contributed by atoms with van der Waals surface area (Å²) in [6.45, 7) is 9.20. The summed E-state index contributed by atoms with van der Waals surface area (Å²) in [6.07, 6.45) is 2.35. The van der Waals surface area contributed by atoms with Crippen LogP contribution >= 0.6 is 11.3 Å². The van der Waals surface area contributed by atoms with E-state index in [0.717, 1.165) is 17.1 Å². The van der Waals surface area contributed by atoms with Crippen molar-refractivity contribution < 1.29 is 8.42 Å². The molecule has 0 aliphatic heterocycles. The fraction of sp³-hybridized carbons (Fsp3) is 0.474. The maximum atomic E-state index is 12.9. The second kappa shape index (κ2) is 6.67. The summed E-state index contributed by atoms with van der Waals surface area (Å²) in [7, 11) is -3.95. The largest absolute Gasteiger partial charge is 0.320 e. The van der Waals surface area contributed by atoms with Crippen molar-refractivity contribution in [3.05, 3.63) is 45.2 Å². The molecule has 2 aromatic rings. The van der Waals surface area contributed by atoms with Crippen LogP contribution in [0.3, 0.4) is 0 Å². The Balaban J connectivity index is 2.20. The van der Waals surface area contributed by atoms with Gasteiger partial charge in [0, 0.05) is 17.1 Å². The summed E-state index contributed by atoms with van der Waals surface area (Å²) in [5.74, 6) is 0.601. The molecular formula is C19H23N3O2S2. The number of sulfonamides is 1. The van der Waals surface area contributed by atoms with Gasteiger partial charge in [0.25, 0.3) is 10.0 Å². The molecule has 0 bridgehead atoms. The number of aromatic nitrogens is 1. The molecule has 0 unspecified atom stereocenters. The van der Waals surface area contributed by atoms with E-state index < -0.39 is 10.0 Å². The van der Waals surface area contributed by atoms with Gasteiger partial charge in [-0.15, -0.1) is 15.7 Å². The third-order valence-corrected chi connectivity index (χ3v) is 7.51. The summed E-state index contributed by atoms with van der Waals surface area (Å²) in [5.41, 5.74) is 1.12. The fourth-order valence-electron chi connectivity index (χ4n) is 2.96. The first-order chi connectivity index (χ1) is 12.1. The van der Waals surface area contributed by atoms with Crippen molar-refractivity contribution in [2.24, 2.45) is 10.3 Å². The molecule has 0 radical (unpaired) electrons. The Labute approximate surface area is 158 Å². The van der Waals surface area contributed by atoms with Gasteiger partial charge in [-0.2, -0.15) is 13.7 Å². The molecule has 0 amide bonds. The highest BCUT2D eigenvalue weighted by Gasteiger charge is 2.28. The maximum absolute atomic E-state index is 12.9. The molecule has 0 atom stereocenters. The van der Waals surface area contributed by atoms with Crippen LogP contribution < -0.4 is 4.80 Å². The monoisotopic (exact) mass is 389 g/mol. The molecule has 1 aromatic carbocycles. The van der Waals surface area contributed by atoms with Gasteiger partial charge in [0.15, 0.2) is 0 Å². The fourth-order valence-corrected chi connectivity index (χ4v) is 5.52. The van der Waals surface area contributed by atoms with E-state index in [2.05, 4.69) is 25.2 Å². The van der Waals surface area contributed by atoms with Crippen LogP contribution in [-0.2, 0) is 22.0 Å². The lowest BCUT2D eigenvalue weighted by molar-refractivity contribution is 0.562. The van der Waals surface area contributed by atoms with Crippen molar-refractivity contribution in [1.82, 2.24) is 4.57 Å². The Morgan fingerprint density at radius 2 is 1.96 bits per heavy atom. The number of thiazole rings is 1. The van der Waals surface area contributed by atoms with Crippen LogP contribution in [0.1, 0.15) is 49.7 Å². The van der Waals surface area contributed by atoms with Gasteiger partial charge in [-0.3, -0.25) is 0 Å². The van der Waals surface area contributed by atoms with E-state index >= 15 is 0 Å². The number of nitrogens with zero attached hydrogens (tertiary/aromatic N) is 3. The molecule has 0 spiro atoms. The summed E-state index contributed by atoms with van der Waals surface area (Å²) in [5, 5.41) is 9.23. The molecule has 5 nitrogen and oxygen atoms in total. The minimum Gasteiger partial charge on any atom is -0.320 e. The van der Waals surface area contributed by atoms with Crippen LogP contribution in [0.25, 0.3) is 0 Å². The van der Waals surface area contributed by atoms with Crippen LogP contribution in [0.4, 0.5) is 0 Å². The predicted molar refractivity (Wildman–Crippen MR) is 102 cm³/mol. The standard InChI is InChI=1S/C19H23N3O2S2/c1-13-17(19(2,3)4)25-18(22(13)12-14-9-10-14)21-26(23,24)16-8-6-5-7-15(16)11-20/h5-8,14H,9-10,12H2,1-4H3/b21-18-. The molecule has 3 rings (SSSR count). The molecule has 1 fully saturated rings. The predicted octanol–water partition coefficient (Wildman–Crippen LogP) is 3.73. The summed E-state index contributed by atoms with van der Waals surface area (Å²) in [4.78, 5) is 1.59. The van der Waals surface area contributed by atoms with E-state index in [1.54, 1.807) is 12.1 Å². The maximum Gasteiger partial charge on any atom is 0.286 e. The van der Waals surface area contributed by atoms with E-state index in [-0.39, 0.29) is 15.9 Å². The zero-order chi connectivity index (χ0) is 19.1. The average molecular weight is 390 g/mol. The third-order valence-electron chi connectivity index (χ3n) is 4.46. The molecule has 26 heavy (non-hydrogen) atoms. The lowest BCUT2D eigenvalue weighted by Crippen LogP contribution is -2.20. The van der Waals surface area contributed by atoms with Gasteiger partial charge in [-0.05, 0) is 43.2 Å². The normalized spacial score (nSPS) is 15.9. The van der Waals surface area contributed by atoms with Crippen LogP contribution in [0.5, 0.6) is 0 Å². The number of nitriles is 1. The summed E-state index contributed by atoms with van der Waals surface area (Å²) in [6, 6.07) is 8.15. The summed E-state index contributed by atoms with van der Waals surface area (Å²) < 4.78 is 31.9. The Hall–Kier alpha value is -1.91. The second-order valence-electron chi connectivity index (χ2n) is 7.78. The minimum atomic E-state index is -3.95. The van der Waals surface area contributed by atoms with Gasteiger partial charge in [-0.1, -0.05) is 32.9 Å². The Morgan fingerprint density at radius 3 is 2.54 bits per heavy atom. The molecular weight excluding hydrogens is 366 g/mol. The first-order valence-electron chi connectivity index (χ1n) is 8.64. The van der Waals surface area contributed by atoms with Crippen molar-refractivity contribution in [3.63, 3.8) is 0 Å². The first-order valence-corrected chi connectivity index (χ1v) is 10.9. The van der Waals surface area contributed by atoms with Crippen LogP contribution in [0.15, 0.2) is 33.6 Å². The Bertz CT molecular complexity index is 1040. The van der Waals surface area contributed by atoms with Crippen molar-refractivity contribution in [2.75, 3.05) is 0 Å². The van der Waals surface area contributed by atoms with E-state index in [0.29, 0.717) is 10.7 Å². The Kier molecular flexibility index (Phi) is 4.84. The van der Waals surface area contributed by atoms with Crippen LogP contribution in [-0.4, -0.2) is 13.0 Å². The van der Waals surface area contributed by atoms with E-state index in [9.17, 15) is 13.7 Å². The van der Waals surface area contributed by atoms with Gasteiger partial charge < -0.3 is 4.57 Å². The van der Waals surface area contributed by atoms with Crippen LogP contribution in [0, 0.1) is 24.2 Å². The number of rotatable bonds is 4. The van der Waals surface area contributed by atoms with Crippen molar-refractivity contribution >= 4 is 21.4 Å². The number of hydrogen-bond acceptors (Lipinski definition) is 4. The number of benzene rings is 1. The minimum absolute atomic E-state index is 0.0381. The summed E-state index contributed by atoms with van der Waals surface area (Å²) >= 11 is 1.43. The lowest BCUT2D eigenvalue weighted by Gasteiger charge is -2.17. The quantitative estimate of drug-likeness (QED) is 0.799. The van der Waals surface area contributed by atoms with Gasteiger partial charge in [0.05, 0.1) is 5.56 Å². The van der Waals surface area contributed by atoms with E-state index in [4.69, 9.17) is 0 Å². The highest BCUT2D eigenvalue weighted by atomic mass is 32.2. The first kappa shape index (κ1) is 18.9. The van der Waals surface area contributed by atoms with Crippen molar-refractivity contribution in [1.29, 1.82) is 5.26 Å². The third kappa shape index (κ3) is 3.76. The highest BCUT2D eigenvalue weighted by Crippen LogP contribution is 2.33. The topological polar surface area (TPSA) is 75.2 Å². The van der Waals surface area contributed by atoms with Gasteiger partial charge in [0.1, 0.15) is 11.0 Å². The molecule has 1 aliphatic carbocycles. The molecule has 0 saturated heterocycles. The molecule has 1 saturated carbocycles.